The lowest BCUT2D eigenvalue weighted by Gasteiger charge is -2.06. The van der Waals surface area contributed by atoms with Gasteiger partial charge in [-0.1, -0.05) is 0 Å². The van der Waals surface area contributed by atoms with Crippen molar-refractivity contribution in [1.29, 1.82) is 0 Å². The van der Waals surface area contributed by atoms with Crippen molar-refractivity contribution in [2.24, 2.45) is 5.92 Å². The van der Waals surface area contributed by atoms with Gasteiger partial charge in [0, 0.05) is 17.3 Å². The number of benzene rings is 1. The third-order valence-corrected chi connectivity index (χ3v) is 3.01. The molecule has 92 valence electrons. The van der Waals surface area contributed by atoms with E-state index in [1.165, 1.54) is 0 Å². The molecule has 0 aliphatic heterocycles. The van der Waals surface area contributed by atoms with E-state index in [0.29, 0.717) is 11.4 Å². The molecule has 1 aliphatic carbocycles. The molecule has 17 heavy (non-hydrogen) atoms. The van der Waals surface area contributed by atoms with Crippen LogP contribution in [0.1, 0.15) is 12.8 Å². The predicted molar refractivity (Wildman–Crippen MR) is 66.3 cm³/mol. The third kappa shape index (κ3) is 3.74. The standard InChI is InChI=1S/C11H14N2O3S/c1-17(15,16)13-10-6-4-9(5-7-10)12-11(14)8-2-3-8/h4-8,13H,2-3H2,1H3,(H,12,14). The van der Waals surface area contributed by atoms with Gasteiger partial charge in [0.1, 0.15) is 0 Å². The molecule has 2 rings (SSSR count). The van der Waals surface area contributed by atoms with Gasteiger partial charge in [0.05, 0.1) is 6.26 Å². The van der Waals surface area contributed by atoms with Gasteiger partial charge < -0.3 is 5.32 Å². The summed E-state index contributed by atoms with van der Waals surface area (Å²) in [4.78, 5) is 11.5. The summed E-state index contributed by atoms with van der Waals surface area (Å²) >= 11 is 0. The first-order chi connectivity index (χ1) is 7.94. The minimum Gasteiger partial charge on any atom is -0.326 e. The number of nitrogens with one attached hydrogen (secondary N) is 2. The van der Waals surface area contributed by atoms with Gasteiger partial charge >= 0.3 is 0 Å². The zero-order chi connectivity index (χ0) is 12.5. The topological polar surface area (TPSA) is 75.3 Å². The minimum absolute atomic E-state index is 0.0359. The van der Waals surface area contributed by atoms with Crippen LogP contribution in [0.25, 0.3) is 0 Å². The van der Waals surface area contributed by atoms with Crippen LogP contribution in [0.5, 0.6) is 0 Å². The molecule has 1 aliphatic rings. The first-order valence-corrected chi connectivity index (χ1v) is 7.22. The van der Waals surface area contributed by atoms with Crippen molar-refractivity contribution in [3.63, 3.8) is 0 Å². The normalized spacial score (nSPS) is 15.4. The SMILES string of the molecule is CS(=O)(=O)Nc1ccc(NC(=O)C2CC2)cc1. The summed E-state index contributed by atoms with van der Waals surface area (Å²) in [6.07, 6.45) is 3.01. The van der Waals surface area contributed by atoms with Crippen molar-refractivity contribution in [2.75, 3.05) is 16.3 Å². The van der Waals surface area contributed by atoms with Crippen molar-refractivity contribution in [2.45, 2.75) is 12.8 Å². The molecular formula is C11H14N2O3S. The van der Waals surface area contributed by atoms with Crippen LogP contribution in [0.4, 0.5) is 11.4 Å². The van der Waals surface area contributed by atoms with E-state index >= 15 is 0 Å². The molecule has 1 aromatic rings. The quantitative estimate of drug-likeness (QED) is 0.853. The Labute approximate surface area is 100 Å². The molecule has 2 N–H and O–H groups in total. The maximum absolute atomic E-state index is 11.5. The second-order valence-corrected chi connectivity index (χ2v) is 5.96. The first-order valence-electron chi connectivity index (χ1n) is 5.33. The highest BCUT2D eigenvalue weighted by molar-refractivity contribution is 7.92. The summed E-state index contributed by atoms with van der Waals surface area (Å²) in [5, 5.41) is 2.78. The highest BCUT2D eigenvalue weighted by atomic mass is 32.2. The number of sulfonamides is 1. The number of rotatable bonds is 4. The van der Waals surface area contributed by atoms with Crippen LogP contribution in [0.3, 0.4) is 0 Å². The van der Waals surface area contributed by atoms with E-state index in [1.54, 1.807) is 24.3 Å². The summed E-state index contributed by atoms with van der Waals surface area (Å²) in [6, 6.07) is 6.58. The summed E-state index contributed by atoms with van der Waals surface area (Å²) in [6.45, 7) is 0. The smallest absolute Gasteiger partial charge is 0.229 e. The molecule has 0 atom stereocenters. The van der Waals surface area contributed by atoms with Crippen LogP contribution in [0.15, 0.2) is 24.3 Å². The highest BCUT2D eigenvalue weighted by Crippen LogP contribution is 2.30. The highest BCUT2D eigenvalue weighted by Gasteiger charge is 2.29. The van der Waals surface area contributed by atoms with Crippen LogP contribution >= 0.6 is 0 Å². The first kappa shape index (κ1) is 11.9. The lowest BCUT2D eigenvalue weighted by Crippen LogP contribution is -2.13. The van der Waals surface area contributed by atoms with Crippen LogP contribution in [-0.2, 0) is 14.8 Å². The number of carbonyl (C=O) groups excluding carboxylic acids is 1. The van der Waals surface area contributed by atoms with Crippen LogP contribution in [-0.4, -0.2) is 20.6 Å². The van der Waals surface area contributed by atoms with E-state index in [0.717, 1.165) is 19.1 Å². The largest absolute Gasteiger partial charge is 0.326 e. The van der Waals surface area contributed by atoms with E-state index in [-0.39, 0.29) is 11.8 Å². The van der Waals surface area contributed by atoms with Gasteiger partial charge in [-0.15, -0.1) is 0 Å². The van der Waals surface area contributed by atoms with Crippen molar-refractivity contribution in [1.82, 2.24) is 0 Å². The molecule has 0 bridgehead atoms. The van der Waals surface area contributed by atoms with Gasteiger partial charge in [0.15, 0.2) is 0 Å². The zero-order valence-corrected chi connectivity index (χ0v) is 10.3. The molecule has 0 unspecified atom stereocenters. The molecule has 1 fully saturated rings. The van der Waals surface area contributed by atoms with Gasteiger partial charge in [-0.25, -0.2) is 8.42 Å². The van der Waals surface area contributed by atoms with Crippen molar-refractivity contribution >= 4 is 27.3 Å². The second-order valence-electron chi connectivity index (χ2n) is 4.22. The van der Waals surface area contributed by atoms with Gasteiger partial charge in [-0.05, 0) is 37.1 Å². The fourth-order valence-corrected chi connectivity index (χ4v) is 1.99. The molecule has 0 aromatic heterocycles. The van der Waals surface area contributed by atoms with Gasteiger partial charge in [0.25, 0.3) is 0 Å². The Morgan fingerprint density at radius 3 is 2.18 bits per heavy atom. The van der Waals surface area contributed by atoms with Crippen LogP contribution in [0.2, 0.25) is 0 Å². The predicted octanol–water partition coefficient (Wildman–Crippen LogP) is 1.41. The van der Waals surface area contributed by atoms with Crippen molar-refractivity contribution < 1.29 is 13.2 Å². The number of hydrogen-bond donors (Lipinski definition) is 2. The average molecular weight is 254 g/mol. The van der Waals surface area contributed by atoms with Gasteiger partial charge in [-0.3, -0.25) is 9.52 Å². The third-order valence-electron chi connectivity index (χ3n) is 2.40. The molecule has 0 heterocycles. The van der Waals surface area contributed by atoms with E-state index in [2.05, 4.69) is 10.0 Å². The Kier molecular flexibility index (Phi) is 3.06. The summed E-state index contributed by atoms with van der Waals surface area (Å²) < 4.78 is 24.3. The average Bonchev–Trinajstić information content (AvgIpc) is 3.02. The Hall–Kier alpha value is -1.56. The van der Waals surface area contributed by atoms with Crippen LogP contribution in [0, 0.1) is 5.92 Å². The number of carbonyl (C=O) groups is 1. The van der Waals surface area contributed by atoms with Gasteiger partial charge in [-0.2, -0.15) is 0 Å². The fraction of sp³-hybridized carbons (Fsp3) is 0.364. The Morgan fingerprint density at radius 1 is 1.18 bits per heavy atom. The molecule has 1 saturated carbocycles. The summed E-state index contributed by atoms with van der Waals surface area (Å²) in [5.74, 6) is 0.192. The summed E-state index contributed by atoms with van der Waals surface area (Å²) in [5.41, 5.74) is 1.16. The molecular weight excluding hydrogens is 240 g/mol. The number of hydrogen-bond acceptors (Lipinski definition) is 3. The molecule has 0 spiro atoms. The van der Waals surface area contributed by atoms with Crippen LogP contribution < -0.4 is 10.0 Å². The maximum atomic E-state index is 11.5. The molecule has 5 nitrogen and oxygen atoms in total. The zero-order valence-electron chi connectivity index (χ0n) is 9.43. The number of amides is 1. The molecule has 0 radical (unpaired) electrons. The van der Waals surface area contributed by atoms with E-state index in [9.17, 15) is 13.2 Å². The Morgan fingerprint density at radius 2 is 1.71 bits per heavy atom. The lowest BCUT2D eigenvalue weighted by molar-refractivity contribution is -0.117. The minimum atomic E-state index is -3.25. The van der Waals surface area contributed by atoms with E-state index < -0.39 is 10.0 Å². The second kappa shape index (κ2) is 4.37. The fourth-order valence-electron chi connectivity index (χ4n) is 1.43. The molecule has 1 aromatic carbocycles. The van der Waals surface area contributed by atoms with E-state index in [4.69, 9.17) is 0 Å². The Balaban J connectivity index is 1.99. The van der Waals surface area contributed by atoms with Crippen molar-refractivity contribution in [3.8, 4) is 0 Å². The van der Waals surface area contributed by atoms with E-state index in [1.807, 2.05) is 0 Å². The maximum Gasteiger partial charge on any atom is 0.229 e. The summed E-state index contributed by atoms with van der Waals surface area (Å²) in [7, 11) is -3.25. The van der Waals surface area contributed by atoms with Crippen molar-refractivity contribution in [3.05, 3.63) is 24.3 Å². The Bertz CT molecular complexity index is 518. The monoisotopic (exact) mass is 254 g/mol. The molecule has 0 saturated heterocycles. The lowest BCUT2D eigenvalue weighted by atomic mass is 10.2. The van der Waals surface area contributed by atoms with Gasteiger partial charge in [0.2, 0.25) is 15.9 Å². The molecule has 6 heteroatoms. The number of anilines is 2. The molecule has 1 amide bonds.